The molecule has 1 rings (SSSR count). The van der Waals surface area contributed by atoms with E-state index in [9.17, 15) is 9.59 Å². The van der Waals surface area contributed by atoms with E-state index in [1.54, 1.807) is 45.2 Å². The highest BCUT2D eigenvalue weighted by Gasteiger charge is 2.26. The van der Waals surface area contributed by atoms with Crippen molar-refractivity contribution in [2.24, 2.45) is 5.41 Å². The van der Waals surface area contributed by atoms with Crippen LogP contribution in [-0.4, -0.2) is 43.9 Å². The maximum absolute atomic E-state index is 12.0. The van der Waals surface area contributed by atoms with Crippen molar-refractivity contribution in [3.8, 4) is 5.75 Å². The number of methoxy groups -OCH3 is 1. The predicted octanol–water partition coefficient (Wildman–Crippen LogP) is 1.94. The predicted molar refractivity (Wildman–Crippen MR) is 82.2 cm³/mol. The van der Waals surface area contributed by atoms with Gasteiger partial charge >= 0.3 is 5.97 Å². The third kappa shape index (κ3) is 5.73. The van der Waals surface area contributed by atoms with Gasteiger partial charge in [-0.3, -0.25) is 9.59 Å². The summed E-state index contributed by atoms with van der Waals surface area (Å²) in [7, 11) is 1.59. The monoisotopic (exact) mass is 309 g/mol. The van der Waals surface area contributed by atoms with Crippen LogP contribution in [-0.2, 0) is 9.53 Å². The van der Waals surface area contributed by atoms with Gasteiger partial charge in [-0.15, -0.1) is 0 Å². The number of benzene rings is 1. The summed E-state index contributed by atoms with van der Waals surface area (Å²) in [6, 6.07) is 6.83. The summed E-state index contributed by atoms with van der Waals surface area (Å²) in [6.07, 6.45) is 0.359. The second-order valence-electron chi connectivity index (χ2n) is 5.56. The van der Waals surface area contributed by atoms with Gasteiger partial charge in [-0.05, 0) is 38.5 Å². The molecule has 1 amide bonds. The van der Waals surface area contributed by atoms with Crippen LogP contribution >= 0.6 is 0 Å². The number of aliphatic carboxylic acids is 1. The van der Waals surface area contributed by atoms with Crippen LogP contribution in [0.5, 0.6) is 5.75 Å². The van der Waals surface area contributed by atoms with Crippen LogP contribution in [0.2, 0.25) is 0 Å². The van der Waals surface area contributed by atoms with Crippen LogP contribution in [0, 0.1) is 5.41 Å². The first-order valence-corrected chi connectivity index (χ1v) is 7.10. The smallest absolute Gasteiger partial charge is 0.309 e. The molecule has 0 aliphatic heterocycles. The van der Waals surface area contributed by atoms with Gasteiger partial charge in [0.1, 0.15) is 12.4 Å². The topological polar surface area (TPSA) is 84.9 Å². The average molecular weight is 309 g/mol. The highest BCUT2D eigenvalue weighted by Crippen LogP contribution is 2.19. The molecule has 1 aromatic rings. The fourth-order valence-corrected chi connectivity index (χ4v) is 1.67. The number of amides is 1. The van der Waals surface area contributed by atoms with Gasteiger partial charge in [0.05, 0.1) is 12.0 Å². The van der Waals surface area contributed by atoms with Gasteiger partial charge in [-0.1, -0.05) is 6.07 Å². The van der Waals surface area contributed by atoms with Crippen LogP contribution in [0.25, 0.3) is 0 Å². The molecule has 6 nitrogen and oxygen atoms in total. The van der Waals surface area contributed by atoms with Crippen molar-refractivity contribution in [3.05, 3.63) is 29.8 Å². The summed E-state index contributed by atoms with van der Waals surface area (Å²) < 4.78 is 10.3. The number of nitrogens with one attached hydrogen (secondary N) is 1. The van der Waals surface area contributed by atoms with Crippen LogP contribution in [0.1, 0.15) is 30.6 Å². The molecule has 0 spiro atoms. The minimum atomic E-state index is -0.879. The van der Waals surface area contributed by atoms with E-state index < -0.39 is 11.4 Å². The lowest BCUT2D eigenvalue weighted by Gasteiger charge is -2.18. The van der Waals surface area contributed by atoms with E-state index in [4.69, 9.17) is 14.6 Å². The van der Waals surface area contributed by atoms with Crippen LogP contribution in [0.4, 0.5) is 0 Å². The third-order valence-corrected chi connectivity index (χ3v) is 3.27. The number of carbonyl (C=O) groups excluding carboxylic acids is 1. The summed E-state index contributed by atoms with van der Waals surface area (Å²) >= 11 is 0. The van der Waals surface area contributed by atoms with Crippen molar-refractivity contribution < 1.29 is 24.2 Å². The van der Waals surface area contributed by atoms with Crippen molar-refractivity contribution in [3.63, 3.8) is 0 Å². The lowest BCUT2D eigenvalue weighted by Crippen LogP contribution is -2.31. The molecule has 0 fully saturated rings. The summed E-state index contributed by atoms with van der Waals surface area (Å²) in [5.41, 5.74) is -0.388. The molecule has 2 N–H and O–H groups in total. The molecule has 1 aromatic carbocycles. The summed E-state index contributed by atoms with van der Waals surface area (Å²) in [5.74, 6) is -0.538. The Labute approximate surface area is 130 Å². The standard InChI is InChI=1S/C16H23NO5/c1-16(2,15(19)20)7-8-17-14(18)12-5-4-6-13(11-12)22-10-9-21-3/h4-6,11H,7-10H2,1-3H3,(H,17,18)(H,19,20). The molecule has 0 heterocycles. The lowest BCUT2D eigenvalue weighted by atomic mass is 9.90. The average Bonchev–Trinajstić information content (AvgIpc) is 2.47. The Morgan fingerprint density at radius 2 is 2.00 bits per heavy atom. The zero-order valence-electron chi connectivity index (χ0n) is 13.2. The molecule has 0 radical (unpaired) electrons. The molecule has 122 valence electrons. The van der Waals surface area contributed by atoms with E-state index in [0.29, 0.717) is 37.5 Å². The molecule has 0 unspecified atom stereocenters. The highest BCUT2D eigenvalue weighted by atomic mass is 16.5. The highest BCUT2D eigenvalue weighted by molar-refractivity contribution is 5.94. The second-order valence-corrected chi connectivity index (χ2v) is 5.56. The third-order valence-electron chi connectivity index (χ3n) is 3.27. The Bertz CT molecular complexity index is 513. The maximum atomic E-state index is 12.0. The summed E-state index contributed by atoms with van der Waals surface area (Å²) in [5, 5.41) is 11.7. The fraction of sp³-hybridized carbons (Fsp3) is 0.500. The Morgan fingerprint density at radius 1 is 1.27 bits per heavy atom. The first-order chi connectivity index (χ1) is 10.4. The number of carboxylic acids is 1. The zero-order valence-corrected chi connectivity index (χ0v) is 13.2. The summed E-state index contributed by atoms with van der Waals surface area (Å²) in [6.45, 7) is 4.44. The molecule has 6 heteroatoms. The Kier molecular flexibility index (Phi) is 6.85. The number of carbonyl (C=O) groups is 2. The SMILES string of the molecule is COCCOc1cccc(C(=O)NCCC(C)(C)C(=O)O)c1. The van der Waals surface area contributed by atoms with Crippen LogP contribution < -0.4 is 10.1 Å². The molecular weight excluding hydrogens is 286 g/mol. The van der Waals surface area contributed by atoms with Crippen molar-refractivity contribution in [1.29, 1.82) is 0 Å². The molecular formula is C16H23NO5. The normalized spacial score (nSPS) is 11.0. The van der Waals surface area contributed by atoms with Gasteiger partial charge in [-0.25, -0.2) is 0 Å². The molecule has 0 bridgehead atoms. The largest absolute Gasteiger partial charge is 0.491 e. The minimum absolute atomic E-state index is 0.251. The Morgan fingerprint density at radius 3 is 2.64 bits per heavy atom. The Balaban J connectivity index is 2.52. The van der Waals surface area contributed by atoms with Gasteiger partial charge in [0, 0.05) is 19.2 Å². The lowest BCUT2D eigenvalue weighted by molar-refractivity contribution is -0.147. The molecule has 0 aliphatic carbocycles. The van der Waals surface area contributed by atoms with Crippen molar-refractivity contribution in [1.82, 2.24) is 5.32 Å². The van der Waals surface area contributed by atoms with Crippen LogP contribution in [0.15, 0.2) is 24.3 Å². The molecule has 0 saturated carbocycles. The minimum Gasteiger partial charge on any atom is -0.491 e. The first-order valence-electron chi connectivity index (χ1n) is 7.10. The first kappa shape index (κ1) is 18.0. The van der Waals surface area contributed by atoms with E-state index in [0.717, 1.165) is 0 Å². The van der Waals surface area contributed by atoms with E-state index >= 15 is 0 Å². The van der Waals surface area contributed by atoms with Gasteiger partial charge in [-0.2, -0.15) is 0 Å². The van der Waals surface area contributed by atoms with Gasteiger partial charge in [0.15, 0.2) is 0 Å². The second kappa shape index (κ2) is 8.38. The van der Waals surface area contributed by atoms with E-state index in [1.807, 2.05) is 0 Å². The van der Waals surface area contributed by atoms with Gasteiger partial charge in [0.2, 0.25) is 0 Å². The zero-order chi connectivity index (χ0) is 16.6. The maximum Gasteiger partial charge on any atom is 0.309 e. The van der Waals surface area contributed by atoms with Crippen molar-refractivity contribution in [2.75, 3.05) is 26.9 Å². The molecule has 0 aliphatic rings. The van der Waals surface area contributed by atoms with Gasteiger partial charge < -0.3 is 19.9 Å². The molecule has 0 aromatic heterocycles. The number of rotatable bonds is 9. The quantitative estimate of drug-likeness (QED) is 0.681. The number of ether oxygens (including phenoxy) is 2. The van der Waals surface area contributed by atoms with Crippen molar-refractivity contribution in [2.45, 2.75) is 20.3 Å². The van der Waals surface area contributed by atoms with Gasteiger partial charge in [0.25, 0.3) is 5.91 Å². The van der Waals surface area contributed by atoms with Crippen LogP contribution in [0.3, 0.4) is 0 Å². The van der Waals surface area contributed by atoms with E-state index in [2.05, 4.69) is 5.32 Å². The molecule has 0 atom stereocenters. The fourth-order valence-electron chi connectivity index (χ4n) is 1.67. The van der Waals surface area contributed by atoms with E-state index in [1.165, 1.54) is 0 Å². The molecule has 0 saturated heterocycles. The number of carboxylic acid groups (broad SMARTS) is 1. The summed E-state index contributed by atoms with van der Waals surface area (Å²) in [4.78, 5) is 23.0. The van der Waals surface area contributed by atoms with E-state index in [-0.39, 0.29) is 5.91 Å². The number of hydrogen-bond donors (Lipinski definition) is 2. The number of hydrogen-bond acceptors (Lipinski definition) is 4. The molecule has 22 heavy (non-hydrogen) atoms. The van der Waals surface area contributed by atoms with Crippen molar-refractivity contribution >= 4 is 11.9 Å². The Hall–Kier alpha value is -2.08.